The Hall–Kier alpha value is -5.62. The molecule has 5 heterocycles. The van der Waals surface area contributed by atoms with Crippen LogP contribution < -0.4 is 0 Å². The molecular formula is C34H20N6. The zero-order valence-corrected chi connectivity index (χ0v) is 21.2. The summed E-state index contributed by atoms with van der Waals surface area (Å²) in [7, 11) is 0. The summed E-state index contributed by atoms with van der Waals surface area (Å²) in [6.45, 7) is 0. The van der Waals surface area contributed by atoms with Crippen molar-refractivity contribution >= 4 is 60.3 Å². The Labute approximate surface area is 227 Å². The molecule has 9 rings (SSSR count). The van der Waals surface area contributed by atoms with Crippen LogP contribution in [0.1, 0.15) is 0 Å². The van der Waals surface area contributed by atoms with Gasteiger partial charge in [-0.1, -0.05) is 66.7 Å². The van der Waals surface area contributed by atoms with E-state index in [0.717, 1.165) is 77.4 Å². The van der Waals surface area contributed by atoms with E-state index in [-0.39, 0.29) is 0 Å². The summed E-state index contributed by atoms with van der Waals surface area (Å²) in [6.07, 6.45) is 5.63. The molecule has 0 aliphatic carbocycles. The Kier molecular flexibility index (Phi) is 4.24. The van der Waals surface area contributed by atoms with Gasteiger partial charge >= 0.3 is 0 Å². The van der Waals surface area contributed by atoms with Gasteiger partial charge in [0, 0.05) is 34.1 Å². The summed E-state index contributed by atoms with van der Waals surface area (Å²) < 4.78 is 4.51. The fraction of sp³-hybridized carbons (Fsp3) is 0. The van der Waals surface area contributed by atoms with Crippen LogP contribution in [0.2, 0.25) is 0 Å². The minimum absolute atomic E-state index is 0.768. The third-order valence-electron chi connectivity index (χ3n) is 7.82. The maximum Gasteiger partial charge on any atom is 0.165 e. The van der Waals surface area contributed by atoms with E-state index in [0.29, 0.717) is 0 Å². The maximum absolute atomic E-state index is 5.29. The van der Waals surface area contributed by atoms with Gasteiger partial charge in [0.2, 0.25) is 0 Å². The summed E-state index contributed by atoms with van der Waals surface area (Å²) in [5.74, 6) is 0.768. The molecule has 0 aliphatic rings. The molecule has 0 saturated heterocycles. The lowest BCUT2D eigenvalue weighted by Crippen LogP contribution is -2.05. The minimum Gasteiger partial charge on any atom is -0.290 e. The van der Waals surface area contributed by atoms with Crippen LogP contribution >= 0.6 is 0 Å². The average Bonchev–Trinajstić information content (AvgIpc) is 3.29. The highest BCUT2D eigenvalue weighted by molar-refractivity contribution is 6.23. The van der Waals surface area contributed by atoms with E-state index in [1.54, 1.807) is 0 Å². The van der Waals surface area contributed by atoms with Crippen molar-refractivity contribution in [2.75, 3.05) is 0 Å². The van der Waals surface area contributed by atoms with Crippen LogP contribution in [0.15, 0.2) is 122 Å². The molecule has 5 aromatic heterocycles. The van der Waals surface area contributed by atoms with Gasteiger partial charge in [-0.15, -0.1) is 0 Å². The predicted octanol–water partition coefficient (Wildman–Crippen LogP) is 7.74. The van der Waals surface area contributed by atoms with E-state index in [4.69, 9.17) is 15.0 Å². The van der Waals surface area contributed by atoms with Crippen LogP contribution in [0.4, 0.5) is 0 Å². The molecule has 4 aromatic carbocycles. The zero-order valence-electron chi connectivity index (χ0n) is 21.2. The number of nitrogens with zero attached hydrogens (tertiary/aromatic N) is 6. The van der Waals surface area contributed by atoms with Gasteiger partial charge in [-0.25, -0.2) is 15.0 Å². The van der Waals surface area contributed by atoms with E-state index in [1.807, 2.05) is 67.1 Å². The van der Waals surface area contributed by atoms with E-state index in [9.17, 15) is 0 Å². The minimum atomic E-state index is 0.768. The summed E-state index contributed by atoms with van der Waals surface area (Å²) in [6, 6.07) is 35.4. The molecule has 9 aromatic rings. The lowest BCUT2D eigenvalue weighted by molar-refractivity contribution is 1.07. The van der Waals surface area contributed by atoms with Gasteiger partial charge < -0.3 is 0 Å². The topological polar surface area (TPSA) is 60.9 Å². The van der Waals surface area contributed by atoms with Gasteiger partial charge in [-0.3, -0.25) is 14.0 Å². The van der Waals surface area contributed by atoms with Crippen LogP contribution in [-0.2, 0) is 0 Å². The highest BCUT2D eigenvalue weighted by atomic mass is 15.1. The van der Waals surface area contributed by atoms with Crippen molar-refractivity contribution in [1.29, 1.82) is 0 Å². The number of aromatic nitrogens is 6. The molecule has 0 saturated carbocycles. The number of rotatable bonds is 2. The average molecular weight is 513 g/mol. The normalized spacial score (nSPS) is 12.0. The lowest BCUT2D eigenvalue weighted by atomic mass is 10.0. The fourth-order valence-corrected chi connectivity index (χ4v) is 6.14. The molecule has 6 nitrogen and oxygen atoms in total. The molecule has 0 unspecified atom stereocenters. The first kappa shape index (κ1) is 21.3. The van der Waals surface area contributed by atoms with E-state index >= 15 is 0 Å². The number of fused-ring (bicyclic) bond motifs is 6. The highest BCUT2D eigenvalue weighted by Crippen LogP contribution is 2.39. The van der Waals surface area contributed by atoms with Gasteiger partial charge in [0.05, 0.1) is 39.3 Å². The number of hydrogen-bond acceptors (Lipinski definition) is 4. The van der Waals surface area contributed by atoms with Crippen LogP contribution in [0.3, 0.4) is 0 Å². The van der Waals surface area contributed by atoms with E-state index in [1.165, 1.54) is 0 Å². The predicted molar refractivity (Wildman–Crippen MR) is 161 cm³/mol. The molecule has 0 radical (unpaired) electrons. The summed E-state index contributed by atoms with van der Waals surface area (Å²) >= 11 is 0. The standard InChI is InChI=1S/C34H20N6/c1-2-8-22(9-3-1)31-34(38-26-13-5-4-12-25(26)37-31)39-27-17-19-35-20-29(27)40-32-23(24-11-7-18-36-33(24)40)16-15-21-10-6-14-28(39)30(21)32/h1-20H. The second-order valence-electron chi connectivity index (χ2n) is 10.00. The monoisotopic (exact) mass is 512 g/mol. The molecule has 0 atom stereocenters. The molecule has 186 valence electrons. The Balaban J connectivity index is 1.60. The number of pyridine rings is 2. The first-order chi connectivity index (χ1) is 19.9. The molecule has 0 spiro atoms. The highest BCUT2D eigenvalue weighted by Gasteiger charge is 2.22. The maximum atomic E-state index is 5.29. The molecule has 6 heteroatoms. The SMILES string of the molecule is c1ccc(-c2nc3ccccc3nc2-n2c3cccc4ccc5c6cccnc6n(c6cnccc62)c5c43)cc1. The van der Waals surface area contributed by atoms with Crippen LogP contribution in [0, 0.1) is 0 Å². The quantitative estimate of drug-likeness (QED) is 0.238. The smallest absolute Gasteiger partial charge is 0.165 e. The Bertz CT molecular complexity index is 2420. The summed E-state index contributed by atoms with van der Waals surface area (Å²) in [4.78, 5) is 19.9. The Morgan fingerprint density at radius 3 is 2.33 bits per heavy atom. The number of benzene rings is 4. The van der Waals surface area contributed by atoms with Crippen LogP contribution in [-0.4, -0.2) is 28.9 Å². The van der Waals surface area contributed by atoms with Crippen molar-refractivity contribution in [2.24, 2.45) is 0 Å². The van der Waals surface area contributed by atoms with Crippen molar-refractivity contribution in [1.82, 2.24) is 28.9 Å². The largest absolute Gasteiger partial charge is 0.290 e. The first-order valence-electron chi connectivity index (χ1n) is 13.2. The van der Waals surface area contributed by atoms with Crippen molar-refractivity contribution in [3.05, 3.63) is 122 Å². The van der Waals surface area contributed by atoms with Crippen molar-refractivity contribution in [3.8, 4) is 17.1 Å². The second-order valence-corrected chi connectivity index (χ2v) is 10.00. The van der Waals surface area contributed by atoms with E-state index < -0.39 is 0 Å². The molecule has 0 fully saturated rings. The summed E-state index contributed by atoms with van der Waals surface area (Å²) in [5.41, 5.74) is 8.50. The van der Waals surface area contributed by atoms with Gasteiger partial charge in [-0.2, -0.15) is 0 Å². The first-order valence-corrected chi connectivity index (χ1v) is 13.2. The zero-order chi connectivity index (χ0) is 26.2. The molecule has 0 N–H and O–H groups in total. The lowest BCUT2D eigenvalue weighted by Gasteiger charge is -2.16. The van der Waals surface area contributed by atoms with Crippen molar-refractivity contribution < 1.29 is 0 Å². The van der Waals surface area contributed by atoms with Crippen molar-refractivity contribution in [2.45, 2.75) is 0 Å². The van der Waals surface area contributed by atoms with Crippen LogP contribution in [0.25, 0.3) is 77.4 Å². The second kappa shape index (κ2) is 7.94. The van der Waals surface area contributed by atoms with Gasteiger partial charge in [0.1, 0.15) is 11.3 Å². The molecule has 0 aliphatic heterocycles. The summed E-state index contributed by atoms with van der Waals surface area (Å²) in [5, 5.41) is 4.57. The van der Waals surface area contributed by atoms with Crippen LogP contribution in [0.5, 0.6) is 0 Å². The van der Waals surface area contributed by atoms with Crippen molar-refractivity contribution in [3.63, 3.8) is 0 Å². The third kappa shape index (κ3) is 2.82. The van der Waals surface area contributed by atoms with Gasteiger partial charge in [0.25, 0.3) is 0 Å². The number of para-hydroxylation sites is 2. The van der Waals surface area contributed by atoms with Gasteiger partial charge in [0.15, 0.2) is 5.82 Å². The molecule has 0 bridgehead atoms. The molecular weight excluding hydrogens is 492 g/mol. The van der Waals surface area contributed by atoms with Gasteiger partial charge in [-0.05, 0) is 41.8 Å². The third-order valence-corrected chi connectivity index (χ3v) is 7.82. The Morgan fingerprint density at radius 2 is 1.43 bits per heavy atom. The molecule has 40 heavy (non-hydrogen) atoms. The Morgan fingerprint density at radius 1 is 0.575 bits per heavy atom. The van der Waals surface area contributed by atoms with E-state index in [2.05, 4.69) is 68.5 Å². The molecule has 0 amide bonds. The fourth-order valence-electron chi connectivity index (χ4n) is 6.14. The number of hydrogen-bond donors (Lipinski definition) is 0.